The average molecular weight is 513 g/mol. The van der Waals surface area contributed by atoms with Crippen LogP contribution in [0.2, 0.25) is 0 Å². The zero-order chi connectivity index (χ0) is 25.5. The van der Waals surface area contributed by atoms with E-state index in [9.17, 15) is 9.59 Å². The number of aromatic nitrogens is 2. The van der Waals surface area contributed by atoms with E-state index in [0.29, 0.717) is 63.0 Å². The van der Waals surface area contributed by atoms with E-state index < -0.39 is 0 Å². The fourth-order valence-corrected chi connectivity index (χ4v) is 5.25. The Balaban J connectivity index is 1.39. The molecule has 2 fully saturated rings. The van der Waals surface area contributed by atoms with Gasteiger partial charge in [0.15, 0.2) is 5.16 Å². The first-order valence-electron chi connectivity index (χ1n) is 12.8. The summed E-state index contributed by atoms with van der Waals surface area (Å²) in [5.74, 6) is 1.69. The minimum absolute atomic E-state index is 0.0109. The van der Waals surface area contributed by atoms with Crippen LogP contribution in [0.4, 0.5) is 5.82 Å². The molecule has 0 atom stereocenters. The van der Waals surface area contributed by atoms with Crippen molar-refractivity contribution in [2.45, 2.75) is 50.4 Å². The molecule has 0 radical (unpaired) electrons. The van der Waals surface area contributed by atoms with E-state index in [1.165, 1.54) is 0 Å². The standard InChI is InChI=1S/C27H36N4O4S/c1-4-35-26(33)21-8-10-31(11-9-21)25(32)22-7-5-6-20(16-22)18-36-27-28-23(19(2)3)17-24(29-27)30-12-14-34-15-13-30/h5-7,16-17,19,21H,4,8-15,18H2,1-3H3. The molecule has 8 nitrogen and oxygen atoms in total. The van der Waals surface area contributed by atoms with E-state index in [1.54, 1.807) is 11.8 Å². The number of morpholine rings is 1. The van der Waals surface area contributed by atoms with Gasteiger partial charge in [0.05, 0.1) is 25.7 Å². The van der Waals surface area contributed by atoms with Gasteiger partial charge in [-0.3, -0.25) is 9.59 Å². The summed E-state index contributed by atoms with van der Waals surface area (Å²) < 4.78 is 10.6. The van der Waals surface area contributed by atoms with Gasteiger partial charge in [0, 0.05) is 49.3 Å². The first-order chi connectivity index (χ1) is 17.4. The largest absolute Gasteiger partial charge is 0.466 e. The Morgan fingerprint density at radius 1 is 1.11 bits per heavy atom. The molecule has 36 heavy (non-hydrogen) atoms. The predicted molar refractivity (Wildman–Crippen MR) is 140 cm³/mol. The van der Waals surface area contributed by atoms with Crippen LogP contribution < -0.4 is 4.90 Å². The van der Waals surface area contributed by atoms with Crippen LogP contribution in [-0.4, -0.2) is 72.7 Å². The van der Waals surface area contributed by atoms with Gasteiger partial charge in [0.1, 0.15) is 5.82 Å². The highest BCUT2D eigenvalue weighted by Crippen LogP contribution is 2.27. The van der Waals surface area contributed by atoms with E-state index in [-0.39, 0.29) is 17.8 Å². The summed E-state index contributed by atoms with van der Waals surface area (Å²) in [7, 11) is 0. The molecule has 1 aromatic heterocycles. The van der Waals surface area contributed by atoms with Crippen LogP contribution in [0.25, 0.3) is 0 Å². The molecule has 0 spiro atoms. The summed E-state index contributed by atoms with van der Waals surface area (Å²) in [5, 5.41) is 0.750. The van der Waals surface area contributed by atoms with Gasteiger partial charge in [-0.2, -0.15) is 0 Å². The average Bonchev–Trinajstić information content (AvgIpc) is 2.92. The molecule has 1 amide bonds. The number of thioether (sulfide) groups is 1. The number of carbonyl (C=O) groups excluding carboxylic acids is 2. The molecular formula is C27H36N4O4S. The first kappa shape index (κ1) is 26.4. The van der Waals surface area contributed by atoms with Crippen molar-refractivity contribution in [2.24, 2.45) is 5.92 Å². The van der Waals surface area contributed by atoms with Crippen molar-refractivity contribution in [3.8, 4) is 0 Å². The zero-order valence-corrected chi connectivity index (χ0v) is 22.3. The van der Waals surface area contributed by atoms with Crippen LogP contribution in [0.3, 0.4) is 0 Å². The number of amides is 1. The van der Waals surface area contributed by atoms with Crippen LogP contribution in [0.1, 0.15) is 61.1 Å². The van der Waals surface area contributed by atoms with E-state index in [1.807, 2.05) is 36.1 Å². The first-order valence-corrected chi connectivity index (χ1v) is 13.8. The van der Waals surface area contributed by atoms with Crippen LogP contribution >= 0.6 is 11.8 Å². The molecule has 0 bridgehead atoms. The maximum atomic E-state index is 13.1. The Labute approximate surface area is 217 Å². The minimum atomic E-state index is -0.149. The van der Waals surface area contributed by atoms with E-state index in [2.05, 4.69) is 24.8 Å². The van der Waals surface area contributed by atoms with Gasteiger partial charge in [-0.05, 0) is 43.4 Å². The lowest BCUT2D eigenvalue weighted by molar-refractivity contribution is -0.149. The Bertz CT molecular complexity index is 1050. The number of anilines is 1. The summed E-state index contributed by atoms with van der Waals surface area (Å²) in [6.07, 6.45) is 1.30. The molecule has 2 saturated heterocycles. The van der Waals surface area contributed by atoms with Crippen molar-refractivity contribution in [1.82, 2.24) is 14.9 Å². The zero-order valence-electron chi connectivity index (χ0n) is 21.4. The highest BCUT2D eigenvalue weighted by Gasteiger charge is 2.28. The number of carbonyl (C=O) groups is 2. The van der Waals surface area contributed by atoms with Gasteiger partial charge in [-0.25, -0.2) is 9.97 Å². The molecule has 0 aliphatic carbocycles. The lowest BCUT2D eigenvalue weighted by Crippen LogP contribution is -2.40. The molecule has 4 rings (SSSR count). The van der Waals surface area contributed by atoms with Gasteiger partial charge < -0.3 is 19.3 Å². The number of hydrogen-bond donors (Lipinski definition) is 0. The molecule has 2 aromatic rings. The number of hydrogen-bond acceptors (Lipinski definition) is 8. The van der Waals surface area contributed by atoms with Crippen molar-refractivity contribution < 1.29 is 19.1 Å². The molecule has 2 aliphatic rings. The van der Waals surface area contributed by atoms with E-state index in [0.717, 1.165) is 35.3 Å². The van der Waals surface area contributed by atoms with E-state index in [4.69, 9.17) is 19.4 Å². The minimum Gasteiger partial charge on any atom is -0.466 e. The third-order valence-electron chi connectivity index (χ3n) is 6.58. The lowest BCUT2D eigenvalue weighted by Gasteiger charge is -2.31. The Morgan fingerprint density at radius 3 is 2.56 bits per heavy atom. The highest BCUT2D eigenvalue weighted by atomic mass is 32.2. The fourth-order valence-electron chi connectivity index (χ4n) is 4.45. The third kappa shape index (κ3) is 6.76. The van der Waals surface area contributed by atoms with Crippen LogP contribution in [0.15, 0.2) is 35.5 Å². The lowest BCUT2D eigenvalue weighted by atomic mass is 9.96. The number of esters is 1. The topological polar surface area (TPSA) is 84.9 Å². The molecule has 2 aliphatic heterocycles. The maximum absolute atomic E-state index is 13.1. The van der Waals surface area contributed by atoms with E-state index >= 15 is 0 Å². The van der Waals surface area contributed by atoms with Crippen molar-refractivity contribution in [2.75, 3.05) is 50.9 Å². The number of ether oxygens (including phenoxy) is 2. The number of rotatable bonds is 8. The van der Waals surface area contributed by atoms with Gasteiger partial charge >= 0.3 is 5.97 Å². The van der Waals surface area contributed by atoms with Crippen molar-refractivity contribution in [3.63, 3.8) is 0 Å². The molecule has 0 unspecified atom stereocenters. The predicted octanol–water partition coefficient (Wildman–Crippen LogP) is 4.14. The van der Waals surface area contributed by atoms with Crippen LogP contribution in [0, 0.1) is 5.92 Å². The number of likely N-dealkylation sites (tertiary alicyclic amines) is 1. The molecule has 0 saturated carbocycles. The summed E-state index contributed by atoms with van der Waals surface area (Å²) in [5.41, 5.74) is 2.76. The number of benzene rings is 1. The molecular weight excluding hydrogens is 476 g/mol. The second-order valence-electron chi connectivity index (χ2n) is 9.50. The van der Waals surface area contributed by atoms with Crippen LogP contribution in [-0.2, 0) is 20.0 Å². The Kier molecular flexibility index (Phi) is 9.20. The number of nitrogens with zero attached hydrogens (tertiary/aromatic N) is 4. The number of piperidine rings is 1. The SMILES string of the molecule is CCOC(=O)C1CCN(C(=O)c2cccc(CSc3nc(C(C)C)cc(N4CCOCC4)n3)c2)CC1. The molecule has 1 aromatic carbocycles. The smallest absolute Gasteiger partial charge is 0.309 e. The van der Waals surface area contributed by atoms with Gasteiger partial charge in [-0.15, -0.1) is 0 Å². The summed E-state index contributed by atoms with van der Waals surface area (Å²) in [6.45, 7) is 10.7. The highest BCUT2D eigenvalue weighted by molar-refractivity contribution is 7.98. The summed E-state index contributed by atoms with van der Waals surface area (Å²) in [6, 6.07) is 9.87. The maximum Gasteiger partial charge on any atom is 0.309 e. The van der Waals surface area contributed by atoms with Gasteiger partial charge in [0.25, 0.3) is 5.91 Å². The second kappa shape index (κ2) is 12.5. The third-order valence-corrected chi connectivity index (χ3v) is 7.50. The monoisotopic (exact) mass is 512 g/mol. The van der Waals surface area contributed by atoms with Crippen molar-refractivity contribution in [3.05, 3.63) is 47.2 Å². The molecule has 3 heterocycles. The van der Waals surface area contributed by atoms with Gasteiger partial charge in [0.2, 0.25) is 0 Å². The fraction of sp³-hybridized carbons (Fsp3) is 0.556. The molecule has 0 N–H and O–H groups in total. The Morgan fingerprint density at radius 2 is 1.86 bits per heavy atom. The van der Waals surface area contributed by atoms with Crippen molar-refractivity contribution in [1.29, 1.82) is 0 Å². The second-order valence-corrected chi connectivity index (χ2v) is 10.4. The molecule has 194 valence electrons. The summed E-state index contributed by atoms with van der Waals surface area (Å²) >= 11 is 1.59. The normalized spacial score (nSPS) is 16.9. The molecule has 9 heteroatoms. The van der Waals surface area contributed by atoms with Crippen molar-refractivity contribution >= 4 is 29.5 Å². The van der Waals surface area contributed by atoms with Crippen LogP contribution in [0.5, 0.6) is 0 Å². The summed E-state index contributed by atoms with van der Waals surface area (Å²) in [4.78, 5) is 38.8. The quantitative estimate of drug-likeness (QED) is 0.296. The Hall–Kier alpha value is -2.65. The van der Waals surface area contributed by atoms with Gasteiger partial charge in [-0.1, -0.05) is 37.7 Å².